The standard InChI is InChI=1S/C11H10N2O3S/c1-17-6-9-10(11(14)15)12-7-4-2-3-5-8(7)13(9)16/h2-5H,6H2,1H3,(H,14,15). The maximum absolute atomic E-state index is 12.0. The third kappa shape index (κ3) is 2.03. The second-order valence-corrected chi connectivity index (χ2v) is 4.29. The van der Waals surface area contributed by atoms with Crippen LogP contribution in [-0.4, -0.2) is 22.3 Å². The van der Waals surface area contributed by atoms with Crippen LogP contribution >= 0.6 is 11.8 Å². The lowest BCUT2D eigenvalue weighted by atomic mass is 10.2. The summed E-state index contributed by atoms with van der Waals surface area (Å²) < 4.78 is 0.655. The molecule has 2 rings (SSSR count). The average Bonchev–Trinajstić information content (AvgIpc) is 2.32. The number of carboxylic acid groups (broad SMARTS) is 1. The quantitative estimate of drug-likeness (QED) is 0.658. The fraction of sp³-hybridized carbons (Fsp3) is 0.182. The Morgan fingerprint density at radius 2 is 2.24 bits per heavy atom. The molecule has 1 N–H and O–H groups in total. The average molecular weight is 250 g/mol. The Kier molecular flexibility index (Phi) is 3.14. The van der Waals surface area contributed by atoms with Crippen molar-refractivity contribution >= 4 is 28.8 Å². The molecule has 0 saturated heterocycles. The van der Waals surface area contributed by atoms with Crippen molar-refractivity contribution in [2.45, 2.75) is 5.75 Å². The van der Waals surface area contributed by atoms with Gasteiger partial charge in [0.25, 0.3) is 0 Å². The number of hydrogen-bond donors (Lipinski definition) is 1. The van der Waals surface area contributed by atoms with Crippen LogP contribution in [0.1, 0.15) is 16.2 Å². The Morgan fingerprint density at radius 1 is 1.53 bits per heavy atom. The highest BCUT2D eigenvalue weighted by molar-refractivity contribution is 7.97. The molecular weight excluding hydrogens is 240 g/mol. The van der Waals surface area contributed by atoms with E-state index in [0.29, 0.717) is 21.5 Å². The van der Waals surface area contributed by atoms with Crippen molar-refractivity contribution in [2.24, 2.45) is 0 Å². The van der Waals surface area contributed by atoms with Gasteiger partial charge in [0.15, 0.2) is 0 Å². The molecule has 0 atom stereocenters. The number of aromatic nitrogens is 2. The summed E-state index contributed by atoms with van der Waals surface area (Å²) in [5.41, 5.74) is 0.794. The van der Waals surface area contributed by atoms with Gasteiger partial charge in [0.1, 0.15) is 5.52 Å². The van der Waals surface area contributed by atoms with Crippen LogP contribution in [0.15, 0.2) is 24.3 Å². The lowest BCUT2D eigenvalue weighted by Crippen LogP contribution is -2.35. The van der Waals surface area contributed by atoms with Gasteiger partial charge >= 0.3 is 5.97 Å². The second kappa shape index (κ2) is 4.58. The van der Waals surface area contributed by atoms with E-state index in [2.05, 4.69) is 4.98 Å². The van der Waals surface area contributed by atoms with Gasteiger partial charge in [-0.1, -0.05) is 12.1 Å². The first-order valence-corrected chi connectivity index (χ1v) is 6.28. The third-order valence-electron chi connectivity index (χ3n) is 2.33. The van der Waals surface area contributed by atoms with E-state index in [9.17, 15) is 10.0 Å². The highest BCUT2D eigenvalue weighted by Crippen LogP contribution is 2.14. The van der Waals surface area contributed by atoms with Crippen molar-refractivity contribution < 1.29 is 14.6 Å². The molecule has 0 aliphatic rings. The van der Waals surface area contributed by atoms with Crippen LogP contribution in [0.2, 0.25) is 0 Å². The predicted octanol–water partition coefficient (Wildman–Crippen LogP) is 1.43. The molecule has 88 valence electrons. The van der Waals surface area contributed by atoms with Gasteiger partial charge in [-0.2, -0.15) is 16.5 Å². The van der Waals surface area contributed by atoms with Crippen molar-refractivity contribution in [1.29, 1.82) is 0 Å². The number of aromatic carboxylic acids is 1. The monoisotopic (exact) mass is 250 g/mol. The van der Waals surface area contributed by atoms with Gasteiger partial charge in [0, 0.05) is 6.07 Å². The number of benzene rings is 1. The maximum Gasteiger partial charge on any atom is 0.361 e. The molecule has 1 aromatic carbocycles. The number of rotatable bonds is 3. The Balaban J connectivity index is 2.78. The van der Waals surface area contributed by atoms with E-state index in [-0.39, 0.29) is 11.4 Å². The molecule has 2 aromatic rings. The number of nitrogens with zero attached hydrogens (tertiary/aromatic N) is 2. The minimum Gasteiger partial charge on any atom is -0.618 e. The number of hydrogen-bond acceptors (Lipinski definition) is 4. The number of carboxylic acids is 1. The number of carbonyl (C=O) groups is 1. The zero-order chi connectivity index (χ0) is 12.4. The van der Waals surface area contributed by atoms with Crippen molar-refractivity contribution in [1.82, 2.24) is 4.98 Å². The molecular formula is C11H10N2O3S. The van der Waals surface area contributed by atoms with E-state index in [4.69, 9.17) is 5.11 Å². The minimum absolute atomic E-state index is 0.173. The molecule has 1 aromatic heterocycles. The fourth-order valence-corrected chi connectivity index (χ4v) is 2.12. The first kappa shape index (κ1) is 11.7. The topological polar surface area (TPSA) is 77.1 Å². The molecule has 0 aliphatic heterocycles. The summed E-state index contributed by atoms with van der Waals surface area (Å²) in [5.74, 6) is -0.854. The van der Waals surface area contributed by atoms with E-state index in [1.165, 1.54) is 11.8 Å². The molecule has 0 saturated carbocycles. The molecule has 0 aliphatic carbocycles. The number of fused-ring (bicyclic) bond motifs is 1. The van der Waals surface area contributed by atoms with Gasteiger partial charge in [-0.15, -0.1) is 0 Å². The van der Waals surface area contributed by atoms with Crippen molar-refractivity contribution in [3.05, 3.63) is 40.9 Å². The van der Waals surface area contributed by atoms with Crippen molar-refractivity contribution in [2.75, 3.05) is 6.26 Å². The van der Waals surface area contributed by atoms with E-state index >= 15 is 0 Å². The summed E-state index contributed by atoms with van der Waals surface area (Å²) in [6, 6.07) is 6.70. The summed E-state index contributed by atoms with van der Waals surface area (Å²) in [6.07, 6.45) is 1.81. The zero-order valence-electron chi connectivity index (χ0n) is 9.08. The van der Waals surface area contributed by atoms with Crippen LogP contribution in [0.5, 0.6) is 0 Å². The van der Waals surface area contributed by atoms with Gasteiger partial charge in [0.05, 0.1) is 5.75 Å². The predicted molar refractivity (Wildman–Crippen MR) is 64.9 cm³/mol. The van der Waals surface area contributed by atoms with Gasteiger partial charge in [-0.3, -0.25) is 0 Å². The van der Waals surface area contributed by atoms with Gasteiger partial charge in [0.2, 0.25) is 16.9 Å². The zero-order valence-corrected chi connectivity index (χ0v) is 9.90. The molecule has 0 bridgehead atoms. The largest absolute Gasteiger partial charge is 0.618 e. The Hall–Kier alpha value is -1.82. The summed E-state index contributed by atoms with van der Waals surface area (Å²) >= 11 is 1.38. The molecule has 0 amide bonds. The first-order valence-electron chi connectivity index (χ1n) is 4.88. The van der Waals surface area contributed by atoms with Crippen molar-refractivity contribution in [3.8, 4) is 0 Å². The molecule has 5 nitrogen and oxygen atoms in total. The lowest BCUT2D eigenvalue weighted by molar-refractivity contribution is -0.585. The normalized spacial score (nSPS) is 10.6. The fourth-order valence-electron chi connectivity index (χ4n) is 1.59. The van der Waals surface area contributed by atoms with Crippen LogP contribution in [-0.2, 0) is 5.75 Å². The summed E-state index contributed by atoms with van der Waals surface area (Å²) in [5, 5.41) is 21.1. The Labute approximate surface area is 102 Å². The smallest absolute Gasteiger partial charge is 0.361 e. The first-order chi connectivity index (χ1) is 8.15. The Morgan fingerprint density at radius 3 is 2.88 bits per heavy atom. The highest BCUT2D eigenvalue weighted by Gasteiger charge is 2.23. The van der Waals surface area contributed by atoms with Crippen LogP contribution < -0.4 is 4.73 Å². The molecule has 0 unspecified atom stereocenters. The van der Waals surface area contributed by atoms with Gasteiger partial charge in [-0.05, 0) is 12.3 Å². The molecule has 0 fully saturated rings. The van der Waals surface area contributed by atoms with Gasteiger partial charge in [-0.25, -0.2) is 9.78 Å². The molecule has 6 heteroatoms. The van der Waals surface area contributed by atoms with E-state index in [0.717, 1.165) is 0 Å². The maximum atomic E-state index is 12.0. The van der Waals surface area contributed by atoms with E-state index in [1.54, 1.807) is 30.5 Å². The lowest BCUT2D eigenvalue weighted by Gasteiger charge is -2.08. The summed E-state index contributed by atoms with van der Waals surface area (Å²) in [6.45, 7) is 0. The SMILES string of the molecule is CSCc1c(C(=O)O)nc2ccccc2[n+]1[O-]. The summed E-state index contributed by atoms with van der Waals surface area (Å²) in [7, 11) is 0. The van der Waals surface area contributed by atoms with Gasteiger partial charge < -0.3 is 10.3 Å². The molecule has 0 spiro atoms. The third-order valence-corrected chi connectivity index (χ3v) is 2.90. The number of thioether (sulfide) groups is 1. The van der Waals surface area contributed by atoms with E-state index < -0.39 is 5.97 Å². The van der Waals surface area contributed by atoms with Crippen LogP contribution in [0.4, 0.5) is 0 Å². The molecule has 17 heavy (non-hydrogen) atoms. The summed E-state index contributed by atoms with van der Waals surface area (Å²) in [4.78, 5) is 15.1. The number of para-hydroxylation sites is 2. The van der Waals surface area contributed by atoms with Crippen LogP contribution in [0.3, 0.4) is 0 Å². The molecule has 1 heterocycles. The van der Waals surface area contributed by atoms with E-state index in [1.807, 2.05) is 0 Å². The second-order valence-electron chi connectivity index (χ2n) is 3.43. The highest BCUT2D eigenvalue weighted by atomic mass is 32.2. The van der Waals surface area contributed by atoms with Crippen molar-refractivity contribution in [3.63, 3.8) is 0 Å². The van der Waals surface area contributed by atoms with Crippen LogP contribution in [0, 0.1) is 5.21 Å². The van der Waals surface area contributed by atoms with Crippen LogP contribution in [0.25, 0.3) is 11.0 Å². The minimum atomic E-state index is -1.18. The molecule has 0 radical (unpaired) electrons. The Bertz CT molecular complexity index is 586.